The largest absolute Gasteiger partial charge is 0.494 e. The zero-order valence-electron chi connectivity index (χ0n) is 17.1. The average molecular weight is 410 g/mol. The molecule has 2 aromatic carbocycles. The Morgan fingerprint density at radius 1 is 1.00 bits per heavy atom. The molecule has 0 aliphatic carbocycles. The molecule has 7 nitrogen and oxygen atoms in total. The van der Waals surface area contributed by atoms with E-state index < -0.39 is 6.10 Å². The molecule has 0 bridgehead atoms. The number of para-hydroxylation sites is 2. The Kier molecular flexibility index (Phi) is 6.07. The Bertz CT molecular complexity index is 908. The minimum absolute atomic E-state index is 0.0461. The molecule has 0 saturated carbocycles. The third kappa shape index (κ3) is 4.35. The topological polar surface area (TPSA) is 68.3 Å². The third-order valence-corrected chi connectivity index (χ3v) is 5.22. The van der Waals surface area contributed by atoms with Crippen molar-refractivity contribution in [2.24, 2.45) is 0 Å². The lowest BCUT2D eigenvalue weighted by Gasteiger charge is -2.37. The molecule has 30 heavy (non-hydrogen) atoms. The zero-order valence-corrected chi connectivity index (χ0v) is 17.1. The van der Waals surface area contributed by atoms with E-state index in [4.69, 9.17) is 14.2 Å². The van der Waals surface area contributed by atoms with E-state index in [0.717, 1.165) is 6.42 Å². The van der Waals surface area contributed by atoms with Gasteiger partial charge in [-0.05, 0) is 36.8 Å². The smallest absolute Gasteiger partial charge is 0.267 e. The summed E-state index contributed by atoms with van der Waals surface area (Å²) in [6.07, 6.45) is 0.254. The van der Waals surface area contributed by atoms with Crippen LogP contribution in [0, 0.1) is 0 Å². The number of rotatable bonds is 5. The van der Waals surface area contributed by atoms with Crippen molar-refractivity contribution in [3.8, 4) is 17.2 Å². The molecule has 7 heteroatoms. The highest BCUT2D eigenvalue weighted by atomic mass is 16.6. The van der Waals surface area contributed by atoms with Crippen LogP contribution in [0.2, 0.25) is 0 Å². The third-order valence-electron chi connectivity index (χ3n) is 5.22. The monoisotopic (exact) mass is 410 g/mol. The van der Waals surface area contributed by atoms with Gasteiger partial charge in [-0.1, -0.05) is 25.1 Å². The summed E-state index contributed by atoms with van der Waals surface area (Å²) in [5.74, 6) is 1.79. The van der Waals surface area contributed by atoms with Crippen molar-refractivity contribution in [2.45, 2.75) is 19.4 Å². The van der Waals surface area contributed by atoms with Gasteiger partial charge in [0.25, 0.3) is 11.8 Å². The number of amides is 2. The van der Waals surface area contributed by atoms with Gasteiger partial charge in [-0.25, -0.2) is 0 Å². The van der Waals surface area contributed by atoms with Crippen LogP contribution < -0.4 is 14.2 Å². The van der Waals surface area contributed by atoms with Crippen LogP contribution in [0.3, 0.4) is 0 Å². The maximum absolute atomic E-state index is 12.9. The molecule has 158 valence electrons. The van der Waals surface area contributed by atoms with Crippen molar-refractivity contribution in [3.63, 3.8) is 0 Å². The van der Waals surface area contributed by atoms with Gasteiger partial charge < -0.3 is 24.0 Å². The van der Waals surface area contributed by atoms with Crippen LogP contribution in [-0.4, -0.2) is 67.1 Å². The first-order valence-corrected chi connectivity index (χ1v) is 10.3. The van der Waals surface area contributed by atoms with Gasteiger partial charge in [-0.3, -0.25) is 9.59 Å². The van der Waals surface area contributed by atoms with E-state index in [0.29, 0.717) is 55.6 Å². The molecule has 1 unspecified atom stereocenters. The summed E-state index contributed by atoms with van der Waals surface area (Å²) in [7, 11) is 0. The molecule has 0 spiro atoms. The first-order valence-electron chi connectivity index (χ1n) is 10.3. The minimum atomic E-state index is -0.658. The van der Waals surface area contributed by atoms with Crippen LogP contribution in [0.15, 0.2) is 48.5 Å². The van der Waals surface area contributed by atoms with Crippen molar-refractivity contribution < 1.29 is 23.8 Å². The quantitative estimate of drug-likeness (QED) is 0.758. The predicted octanol–water partition coefficient (Wildman–Crippen LogP) is 2.60. The zero-order chi connectivity index (χ0) is 20.9. The lowest BCUT2D eigenvalue weighted by atomic mass is 10.1. The van der Waals surface area contributed by atoms with E-state index in [1.165, 1.54) is 0 Å². The molecule has 2 aliphatic heterocycles. The molecule has 1 saturated heterocycles. The SMILES string of the molecule is CCCOc1cccc(C(=O)N2CCN(C(=O)C3COc4ccccc4O3)CC2)c1. The number of ether oxygens (including phenoxy) is 3. The highest BCUT2D eigenvalue weighted by Gasteiger charge is 2.33. The number of carbonyl (C=O) groups is 2. The van der Waals surface area contributed by atoms with Crippen LogP contribution in [0.1, 0.15) is 23.7 Å². The Morgan fingerprint density at radius 3 is 2.50 bits per heavy atom. The minimum Gasteiger partial charge on any atom is -0.494 e. The molecule has 4 rings (SSSR count). The number of hydrogen-bond donors (Lipinski definition) is 0. The van der Waals surface area contributed by atoms with Crippen molar-refractivity contribution in [3.05, 3.63) is 54.1 Å². The number of piperazine rings is 1. The van der Waals surface area contributed by atoms with Crippen LogP contribution in [0.5, 0.6) is 17.2 Å². The molecule has 1 fully saturated rings. The van der Waals surface area contributed by atoms with Gasteiger partial charge >= 0.3 is 0 Å². The van der Waals surface area contributed by atoms with E-state index in [1.54, 1.807) is 28.0 Å². The fourth-order valence-corrected chi connectivity index (χ4v) is 3.60. The van der Waals surface area contributed by atoms with Gasteiger partial charge in [0, 0.05) is 31.7 Å². The van der Waals surface area contributed by atoms with Crippen molar-refractivity contribution in [2.75, 3.05) is 39.4 Å². The summed E-state index contributed by atoms with van der Waals surface area (Å²) < 4.78 is 17.1. The van der Waals surface area contributed by atoms with Crippen LogP contribution in [0.4, 0.5) is 0 Å². The number of benzene rings is 2. The van der Waals surface area contributed by atoms with Crippen LogP contribution in [-0.2, 0) is 4.79 Å². The second kappa shape index (κ2) is 9.07. The van der Waals surface area contributed by atoms with Gasteiger partial charge in [-0.2, -0.15) is 0 Å². The summed E-state index contributed by atoms with van der Waals surface area (Å²) in [6.45, 7) is 4.76. The van der Waals surface area contributed by atoms with Gasteiger partial charge in [0.05, 0.1) is 6.61 Å². The number of carbonyl (C=O) groups excluding carboxylic acids is 2. The van der Waals surface area contributed by atoms with E-state index in [9.17, 15) is 9.59 Å². The summed E-state index contributed by atoms with van der Waals surface area (Å²) in [5, 5.41) is 0. The fourth-order valence-electron chi connectivity index (χ4n) is 3.60. The second-order valence-corrected chi connectivity index (χ2v) is 7.36. The van der Waals surface area contributed by atoms with Gasteiger partial charge in [-0.15, -0.1) is 0 Å². The van der Waals surface area contributed by atoms with Gasteiger partial charge in [0.1, 0.15) is 12.4 Å². The van der Waals surface area contributed by atoms with E-state index in [2.05, 4.69) is 0 Å². The molecule has 2 aliphatic rings. The maximum atomic E-state index is 12.9. The predicted molar refractivity (Wildman–Crippen MR) is 111 cm³/mol. The Labute approximate surface area is 176 Å². The first kappa shape index (κ1) is 20.1. The molecule has 2 heterocycles. The van der Waals surface area contributed by atoms with Crippen molar-refractivity contribution in [1.29, 1.82) is 0 Å². The standard InChI is InChI=1S/C23H26N2O5/c1-2-14-28-18-7-5-6-17(15-18)22(26)24-10-12-25(13-11-24)23(27)21-16-29-19-8-3-4-9-20(19)30-21/h3-9,15,21H,2,10-14,16H2,1H3. The maximum Gasteiger partial charge on any atom is 0.267 e. The summed E-state index contributed by atoms with van der Waals surface area (Å²) in [4.78, 5) is 29.2. The number of hydrogen-bond acceptors (Lipinski definition) is 5. The lowest BCUT2D eigenvalue weighted by molar-refractivity contribution is -0.142. The van der Waals surface area contributed by atoms with Crippen molar-refractivity contribution >= 4 is 11.8 Å². The van der Waals surface area contributed by atoms with Crippen LogP contribution in [0.25, 0.3) is 0 Å². The molecule has 0 N–H and O–H groups in total. The van der Waals surface area contributed by atoms with E-state index in [-0.39, 0.29) is 18.4 Å². The first-order chi connectivity index (χ1) is 14.7. The number of nitrogens with zero attached hydrogens (tertiary/aromatic N) is 2. The molecule has 2 aromatic rings. The van der Waals surface area contributed by atoms with Crippen LogP contribution >= 0.6 is 0 Å². The second-order valence-electron chi connectivity index (χ2n) is 7.36. The molecular formula is C23H26N2O5. The Balaban J connectivity index is 1.33. The average Bonchev–Trinajstić information content (AvgIpc) is 2.81. The summed E-state index contributed by atoms with van der Waals surface area (Å²) in [5.41, 5.74) is 0.601. The number of fused-ring (bicyclic) bond motifs is 1. The summed E-state index contributed by atoms with van der Waals surface area (Å²) in [6, 6.07) is 14.6. The van der Waals surface area contributed by atoms with Gasteiger partial charge in [0.15, 0.2) is 11.5 Å². The molecule has 0 radical (unpaired) electrons. The van der Waals surface area contributed by atoms with E-state index >= 15 is 0 Å². The Morgan fingerprint density at radius 2 is 1.73 bits per heavy atom. The van der Waals surface area contributed by atoms with E-state index in [1.807, 2.05) is 37.3 Å². The lowest BCUT2D eigenvalue weighted by Crippen LogP contribution is -2.55. The highest BCUT2D eigenvalue weighted by molar-refractivity contribution is 5.94. The molecular weight excluding hydrogens is 384 g/mol. The molecule has 0 aromatic heterocycles. The molecule has 1 atom stereocenters. The fraction of sp³-hybridized carbons (Fsp3) is 0.391. The molecule has 2 amide bonds. The highest BCUT2D eigenvalue weighted by Crippen LogP contribution is 2.31. The normalized spacial score (nSPS) is 18.1. The van der Waals surface area contributed by atoms with Gasteiger partial charge in [0.2, 0.25) is 6.10 Å². The summed E-state index contributed by atoms with van der Waals surface area (Å²) >= 11 is 0. The van der Waals surface area contributed by atoms with Crippen molar-refractivity contribution in [1.82, 2.24) is 9.80 Å². The Hall–Kier alpha value is -3.22.